The molecular weight excluding hydrogens is 302 g/mol. The fourth-order valence-corrected chi connectivity index (χ4v) is 4.43. The molecule has 1 aromatic rings. The number of sulfone groups is 1. The van der Waals surface area contributed by atoms with Crippen LogP contribution in [0.1, 0.15) is 19.4 Å². The molecule has 122 valence electrons. The summed E-state index contributed by atoms with van der Waals surface area (Å²) in [4.78, 5) is 13.6. The molecule has 1 aliphatic rings. The molecule has 0 atom stereocenters. The van der Waals surface area contributed by atoms with Gasteiger partial charge in [-0.3, -0.25) is 4.79 Å². The number of aryl methyl sites for hydroxylation is 1. The Morgan fingerprint density at radius 2 is 1.95 bits per heavy atom. The van der Waals surface area contributed by atoms with Crippen molar-refractivity contribution < 1.29 is 17.9 Å². The van der Waals surface area contributed by atoms with Crippen LogP contribution in [0.2, 0.25) is 0 Å². The predicted octanol–water partition coefficient (Wildman–Crippen LogP) is 1.66. The molecule has 0 unspecified atom stereocenters. The summed E-state index contributed by atoms with van der Waals surface area (Å²) in [6.45, 7) is 6.19. The van der Waals surface area contributed by atoms with Crippen molar-refractivity contribution in [2.75, 3.05) is 25.4 Å². The SMILES string of the molecule is Cc1ccccc1OCC(=O)N1CC(S(=O)(=O)CC(C)C)C1. The van der Waals surface area contributed by atoms with Crippen LogP contribution in [0.5, 0.6) is 5.75 Å². The quantitative estimate of drug-likeness (QED) is 0.798. The Kier molecular flexibility index (Phi) is 5.11. The molecule has 0 aliphatic carbocycles. The van der Waals surface area contributed by atoms with Crippen molar-refractivity contribution in [3.63, 3.8) is 0 Å². The van der Waals surface area contributed by atoms with Crippen LogP contribution in [-0.4, -0.2) is 49.9 Å². The average Bonchev–Trinajstić information content (AvgIpc) is 2.33. The molecule has 1 aliphatic heterocycles. The van der Waals surface area contributed by atoms with Gasteiger partial charge in [-0.05, 0) is 24.5 Å². The third-order valence-corrected chi connectivity index (χ3v) is 6.16. The Hall–Kier alpha value is -1.56. The fraction of sp³-hybridized carbons (Fsp3) is 0.562. The second-order valence-corrected chi connectivity index (χ2v) is 8.52. The summed E-state index contributed by atoms with van der Waals surface area (Å²) >= 11 is 0. The average molecular weight is 325 g/mol. The molecular formula is C16H23NO4S. The zero-order chi connectivity index (χ0) is 16.3. The van der Waals surface area contributed by atoms with Gasteiger partial charge >= 0.3 is 0 Å². The van der Waals surface area contributed by atoms with Gasteiger partial charge in [0.05, 0.1) is 11.0 Å². The largest absolute Gasteiger partial charge is 0.484 e. The first-order chi connectivity index (χ1) is 10.3. The Labute approximate surface area is 132 Å². The highest BCUT2D eigenvalue weighted by Crippen LogP contribution is 2.20. The van der Waals surface area contributed by atoms with Gasteiger partial charge < -0.3 is 9.64 Å². The number of likely N-dealkylation sites (tertiary alicyclic amines) is 1. The number of hydrogen-bond acceptors (Lipinski definition) is 4. The summed E-state index contributed by atoms with van der Waals surface area (Å²) in [6.07, 6.45) is 0. The van der Waals surface area contributed by atoms with Gasteiger partial charge in [-0.25, -0.2) is 8.42 Å². The second kappa shape index (κ2) is 6.69. The lowest BCUT2D eigenvalue weighted by Gasteiger charge is -2.38. The molecule has 0 spiro atoms. The van der Waals surface area contributed by atoms with Crippen molar-refractivity contribution in [2.24, 2.45) is 5.92 Å². The third-order valence-electron chi connectivity index (χ3n) is 3.72. The number of amides is 1. The van der Waals surface area contributed by atoms with Crippen LogP contribution >= 0.6 is 0 Å². The minimum absolute atomic E-state index is 0.0538. The summed E-state index contributed by atoms with van der Waals surface area (Å²) in [5.41, 5.74) is 0.969. The van der Waals surface area contributed by atoms with Crippen molar-refractivity contribution >= 4 is 15.7 Å². The molecule has 1 heterocycles. The lowest BCUT2D eigenvalue weighted by atomic mass is 10.2. The van der Waals surface area contributed by atoms with Crippen LogP contribution in [0, 0.1) is 12.8 Å². The third kappa shape index (κ3) is 4.00. The first-order valence-electron chi connectivity index (χ1n) is 7.47. The minimum atomic E-state index is -3.10. The first-order valence-corrected chi connectivity index (χ1v) is 9.19. The molecule has 1 fully saturated rings. The van der Waals surface area contributed by atoms with Crippen molar-refractivity contribution in [2.45, 2.75) is 26.0 Å². The van der Waals surface area contributed by atoms with E-state index in [0.717, 1.165) is 5.56 Å². The molecule has 22 heavy (non-hydrogen) atoms. The van der Waals surface area contributed by atoms with Crippen molar-refractivity contribution in [3.8, 4) is 5.75 Å². The molecule has 0 N–H and O–H groups in total. The zero-order valence-electron chi connectivity index (χ0n) is 13.3. The molecule has 5 nitrogen and oxygen atoms in total. The number of ether oxygens (including phenoxy) is 1. The van der Waals surface area contributed by atoms with Crippen LogP contribution < -0.4 is 4.74 Å². The number of para-hydroxylation sites is 1. The summed E-state index contributed by atoms with van der Waals surface area (Å²) in [5.74, 6) is 0.804. The maximum absolute atomic E-state index is 12.0. The van der Waals surface area contributed by atoms with E-state index in [1.165, 1.54) is 0 Å². The smallest absolute Gasteiger partial charge is 0.260 e. The number of nitrogens with zero attached hydrogens (tertiary/aromatic N) is 1. The van der Waals surface area contributed by atoms with Gasteiger partial charge in [0, 0.05) is 13.1 Å². The predicted molar refractivity (Wildman–Crippen MR) is 85.7 cm³/mol. The van der Waals surface area contributed by atoms with Gasteiger partial charge in [0.1, 0.15) is 5.75 Å². The summed E-state index contributed by atoms with van der Waals surface area (Å²) in [6, 6.07) is 7.49. The molecule has 0 aromatic heterocycles. The standard InChI is InChI=1S/C16H23NO4S/c1-12(2)11-22(19,20)14-8-17(9-14)16(18)10-21-15-7-5-4-6-13(15)3/h4-7,12,14H,8-11H2,1-3H3. The number of benzene rings is 1. The van der Waals surface area contributed by atoms with E-state index in [4.69, 9.17) is 4.74 Å². The van der Waals surface area contributed by atoms with Crippen molar-refractivity contribution in [3.05, 3.63) is 29.8 Å². The van der Waals surface area contributed by atoms with E-state index in [-0.39, 0.29) is 37.3 Å². The lowest BCUT2D eigenvalue weighted by molar-refractivity contribution is -0.136. The van der Waals surface area contributed by atoms with Gasteiger partial charge in [0.15, 0.2) is 16.4 Å². The molecule has 0 radical (unpaired) electrons. The summed E-state index contributed by atoms with van der Waals surface area (Å²) in [5, 5.41) is -0.419. The first kappa shape index (κ1) is 16.8. The Balaban J connectivity index is 1.81. The molecule has 6 heteroatoms. The van der Waals surface area contributed by atoms with E-state index in [9.17, 15) is 13.2 Å². The molecule has 1 amide bonds. The number of carbonyl (C=O) groups is 1. The van der Waals surface area contributed by atoms with E-state index in [2.05, 4.69) is 0 Å². The molecule has 0 bridgehead atoms. The monoisotopic (exact) mass is 325 g/mol. The maximum atomic E-state index is 12.0. The minimum Gasteiger partial charge on any atom is -0.484 e. The second-order valence-electron chi connectivity index (χ2n) is 6.20. The lowest BCUT2D eigenvalue weighted by Crippen LogP contribution is -2.58. The van der Waals surface area contributed by atoms with Gasteiger partial charge in [-0.1, -0.05) is 32.0 Å². The van der Waals surface area contributed by atoms with Crippen molar-refractivity contribution in [1.82, 2.24) is 4.90 Å². The number of rotatable bonds is 6. The summed E-state index contributed by atoms with van der Waals surface area (Å²) in [7, 11) is -3.10. The highest BCUT2D eigenvalue weighted by Gasteiger charge is 2.39. The van der Waals surface area contributed by atoms with E-state index in [1.807, 2.05) is 45.0 Å². The van der Waals surface area contributed by atoms with Crippen LogP contribution in [0.25, 0.3) is 0 Å². The van der Waals surface area contributed by atoms with Gasteiger partial charge in [-0.15, -0.1) is 0 Å². The molecule has 1 saturated heterocycles. The number of carbonyl (C=O) groups excluding carboxylic acids is 1. The van der Waals surface area contributed by atoms with Gasteiger partial charge in [0.2, 0.25) is 0 Å². The van der Waals surface area contributed by atoms with Crippen LogP contribution in [0.4, 0.5) is 0 Å². The van der Waals surface area contributed by atoms with E-state index in [1.54, 1.807) is 4.90 Å². The molecule has 2 rings (SSSR count). The van der Waals surface area contributed by atoms with Crippen LogP contribution in [0.15, 0.2) is 24.3 Å². The molecule has 0 saturated carbocycles. The van der Waals surface area contributed by atoms with Crippen LogP contribution in [0.3, 0.4) is 0 Å². The number of hydrogen-bond donors (Lipinski definition) is 0. The normalized spacial score (nSPS) is 15.7. The topological polar surface area (TPSA) is 63.7 Å². The van der Waals surface area contributed by atoms with Gasteiger partial charge in [0.25, 0.3) is 5.91 Å². The van der Waals surface area contributed by atoms with Gasteiger partial charge in [-0.2, -0.15) is 0 Å². The zero-order valence-corrected chi connectivity index (χ0v) is 14.1. The van der Waals surface area contributed by atoms with Crippen molar-refractivity contribution in [1.29, 1.82) is 0 Å². The van der Waals surface area contributed by atoms with E-state index in [0.29, 0.717) is 5.75 Å². The Morgan fingerprint density at radius 3 is 2.55 bits per heavy atom. The summed E-state index contributed by atoms with van der Waals surface area (Å²) < 4.78 is 29.6. The highest BCUT2D eigenvalue weighted by atomic mass is 32.2. The Bertz CT molecular complexity index is 633. The maximum Gasteiger partial charge on any atom is 0.260 e. The Morgan fingerprint density at radius 1 is 1.32 bits per heavy atom. The fourth-order valence-electron chi connectivity index (χ4n) is 2.42. The molecule has 1 aromatic carbocycles. The van der Waals surface area contributed by atoms with E-state index < -0.39 is 15.1 Å². The highest BCUT2D eigenvalue weighted by molar-refractivity contribution is 7.92. The van der Waals surface area contributed by atoms with Crippen LogP contribution in [-0.2, 0) is 14.6 Å². The van der Waals surface area contributed by atoms with E-state index >= 15 is 0 Å².